The Morgan fingerprint density at radius 3 is 2.62 bits per heavy atom. The summed E-state index contributed by atoms with van der Waals surface area (Å²) in [5, 5.41) is 5.17. The maximum absolute atomic E-state index is 5.51. The molecule has 0 atom stereocenters. The number of para-hydroxylation sites is 1. The smallest absolute Gasteiger partial charge is 0.235 e. The van der Waals surface area contributed by atoms with Crippen molar-refractivity contribution in [1.29, 1.82) is 0 Å². The zero-order chi connectivity index (χ0) is 16.5. The van der Waals surface area contributed by atoms with Crippen LogP contribution in [0.1, 0.15) is 0 Å². The average Bonchev–Trinajstić information content (AvgIpc) is 3.30. The Morgan fingerprint density at radius 2 is 1.92 bits per heavy atom. The molecular weight excluding hydrogens is 322 g/mol. The summed E-state index contributed by atoms with van der Waals surface area (Å²) in [6.45, 7) is 0. The Kier molecular flexibility index (Phi) is 3.70. The van der Waals surface area contributed by atoms with E-state index in [-0.39, 0.29) is 0 Å². The van der Waals surface area contributed by atoms with Crippen molar-refractivity contribution in [2.24, 2.45) is 0 Å². The van der Waals surface area contributed by atoms with Gasteiger partial charge < -0.3 is 9.32 Å². The fraction of sp³-hybridized carbons (Fsp3) is 0.118. The molecule has 24 heavy (non-hydrogen) atoms. The second kappa shape index (κ2) is 6.01. The predicted molar refractivity (Wildman–Crippen MR) is 94.8 cm³/mol. The number of benzene rings is 1. The van der Waals surface area contributed by atoms with E-state index in [1.807, 2.05) is 60.7 Å². The van der Waals surface area contributed by atoms with E-state index in [2.05, 4.69) is 15.1 Å². The van der Waals surface area contributed by atoms with Crippen LogP contribution in [0.2, 0.25) is 0 Å². The van der Waals surface area contributed by atoms with Crippen molar-refractivity contribution in [3.05, 3.63) is 54.9 Å². The molecule has 0 spiro atoms. The Balaban J connectivity index is 1.92. The van der Waals surface area contributed by atoms with E-state index in [4.69, 9.17) is 4.42 Å². The summed E-state index contributed by atoms with van der Waals surface area (Å²) in [5.41, 5.74) is 2.60. The molecule has 0 aliphatic heterocycles. The third-order valence-electron chi connectivity index (χ3n) is 3.74. The van der Waals surface area contributed by atoms with Gasteiger partial charge in [0.1, 0.15) is 5.76 Å². The summed E-state index contributed by atoms with van der Waals surface area (Å²) >= 11 is 1.50. The summed E-state index contributed by atoms with van der Waals surface area (Å²) < 4.78 is 7.25. The first-order valence-corrected chi connectivity index (χ1v) is 8.63. The maximum Gasteiger partial charge on any atom is 0.235 e. The quantitative estimate of drug-likeness (QED) is 0.527. The zero-order valence-corrected chi connectivity index (χ0v) is 14.1. The van der Waals surface area contributed by atoms with Crippen LogP contribution in [-0.4, -0.2) is 32.9 Å². The fourth-order valence-corrected chi connectivity index (χ4v) is 2.88. The molecular formula is C17H15N5OS. The lowest BCUT2D eigenvalue weighted by atomic mass is 10.2. The van der Waals surface area contributed by atoms with Gasteiger partial charge in [0.25, 0.3) is 0 Å². The first kappa shape index (κ1) is 14.8. The molecule has 120 valence electrons. The summed E-state index contributed by atoms with van der Waals surface area (Å²) in [5.74, 6) is 1.44. The van der Waals surface area contributed by atoms with Gasteiger partial charge in [0.05, 0.1) is 18.0 Å². The van der Waals surface area contributed by atoms with E-state index in [1.165, 1.54) is 11.8 Å². The van der Waals surface area contributed by atoms with E-state index in [0.717, 1.165) is 22.7 Å². The van der Waals surface area contributed by atoms with Gasteiger partial charge in [0.15, 0.2) is 10.8 Å². The molecule has 0 saturated carbocycles. The third-order valence-corrected chi connectivity index (χ3v) is 4.29. The van der Waals surface area contributed by atoms with Gasteiger partial charge in [-0.2, -0.15) is 14.6 Å². The van der Waals surface area contributed by atoms with Gasteiger partial charge in [-0.1, -0.05) is 30.0 Å². The molecule has 0 radical (unpaired) electrons. The topological polar surface area (TPSA) is 59.5 Å². The van der Waals surface area contributed by atoms with Crippen molar-refractivity contribution in [2.45, 2.75) is 5.16 Å². The SMILES string of the molecule is CSc1nc(N(C)c2ccccc2)n2ncc(-c3ccco3)c2n1. The van der Waals surface area contributed by atoms with Crippen molar-refractivity contribution >= 4 is 29.0 Å². The predicted octanol–water partition coefficient (Wildman–Crippen LogP) is 3.87. The lowest BCUT2D eigenvalue weighted by Gasteiger charge is -2.19. The number of fused-ring (bicyclic) bond motifs is 1. The van der Waals surface area contributed by atoms with Crippen LogP contribution in [0.25, 0.3) is 17.0 Å². The lowest BCUT2D eigenvalue weighted by molar-refractivity contribution is 0.582. The van der Waals surface area contributed by atoms with Crippen LogP contribution >= 0.6 is 11.8 Å². The van der Waals surface area contributed by atoms with Crippen LogP contribution in [0.5, 0.6) is 0 Å². The molecule has 0 N–H and O–H groups in total. The zero-order valence-electron chi connectivity index (χ0n) is 13.2. The number of hydrogen-bond donors (Lipinski definition) is 0. The molecule has 4 rings (SSSR count). The van der Waals surface area contributed by atoms with Crippen LogP contribution < -0.4 is 4.90 Å². The Morgan fingerprint density at radius 1 is 1.08 bits per heavy atom. The van der Waals surface area contributed by atoms with E-state index >= 15 is 0 Å². The van der Waals surface area contributed by atoms with Gasteiger partial charge in [-0.05, 0) is 30.5 Å². The molecule has 1 aromatic carbocycles. The van der Waals surface area contributed by atoms with Gasteiger partial charge in [-0.25, -0.2) is 4.98 Å². The first-order valence-electron chi connectivity index (χ1n) is 7.40. The molecule has 6 nitrogen and oxygen atoms in total. The summed E-state index contributed by atoms with van der Waals surface area (Å²) in [4.78, 5) is 11.2. The molecule has 7 heteroatoms. The number of aromatic nitrogens is 4. The highest BCUT2D eigenvalue weighted by Gasteiger charge is 2.18. The third kappa shape index (κ3) is 2.43. The fourth-order valence-electron chi connectivity index (χ4n) is 2.53. The number of nitrogens with zero attached hydrogens (tertiary/aromatic N) is 5. The van der Waals surface area contributed by atoms with Crippen molar-refractivity contribution < 1.29 is 4.42 Å². The molecule has 0 bridgehead atoms. The lowest BCUT2D eigenvalue weighted by Crippen LogP contribution is -2.17. The Hall–Kier alpha value is -2.80. The van der Waals surface area contributed by atoms with Crippen molar-refractivity contribution in [2.75, 3.05) is 18.2 Å². The number of furan rings is 1. The standard InChI is InChI=1S/C17H15N5OS/c1-21(12-7-4-3-5-8-12)17-20-16(24-2)19-15-13(11-18-22(15)17)14-9-6-10-23-14/h3-11H,1-2H3. The summed E-state index contributed by atoms with van der Waals surface area (Å²) in [7, 11) is 1.97. The molecule has 0 aliphatic rings. The van der Waals surface area contributed by atoms with E-state index in [0.29, 0.717) is 11.1 Å². The van der Waals surface area contributed by atoms with Crippen LogP contribution in [0.3, 0.4) is 0 Å². The van der Waals surface area contributed by atoms with E-state index in [1.54, 1.807) is 17.0 Å². The van der Waals surface area contributed by atoms with Crippen LogP contribution in [0, 0.1) is 0 Å². The summed E-state index contributed by atoms with van der Waals surface area (Å²) in [6, 6.07) is 13.8. The number of thioether (sulfide) groups is 1. The Labute approximate surface area is 143 Å². The Bertz CT molecular complexity index is 965. The summed E-state index contributed by atoms with van der Waals surface area (Å²) in [6.07, 6.45) is 5.36. The van der Waals surface area contributed by atoms with Crippen molar-refractivity contribution in [3.63, 3.8) is 0 Å². The molecule has 0 fully saturated rings. The van der Waals surface area contributed by atoms with Gasteiger partial charge in [-0.15, -0.1) is 0 Å². The van der Waals surface area contributed by atoms with Gasteiger partial charge in [0, 0.05) is 12.7 Å². The molecule has 0 amide bonds. The highest BCUT2D eigenvalue weighted by atomic mass is 32.2. The number of anilines is 2. The minimum absolute atomic E-state index is 0.689. The molecule has 4 aromatic rings. The van der Waals surface area contributed by atoms with Crippen molar-refractivity contribution in [3.8, 4) is 11.3 Å². The second-order valence-corrected chi connectivity index (χ2v) is 5.95. The van der Waals surface area contributed by atoms with Crippen LogP contribution in [0.15, 0.2) is 64.5 Å². The van der Waals surface area contributed by atoms with Gasteiger partial charge in [-0.3, -0.25) is 0 Å². The molecule has 0 unspecified atom stereocenters. The number of rotatable bonds is 4. The van der Waals surface area contributed by atoms with E-state index < -0.39 is 0 Å². The van der Waals surface area contributed by atoms with Crippen LogP contribution in [-0.2, 0) is 0 Å². The average molecular weight is 337 g/mol. The highest BCUT2D eigenvalue weighted by Crippen LogP contribution is 2.29. The number of hydrogen-bond acceptors (Lipinski definition) is 6. The first-order chi connectivity index (χ1) is 11.8. The molecule has 0 saturated heterocycles. The molecule has 3 aromatic heterocycles. The molecule has 3 heterocycles. The molecule has 0 aliphatic carbocycles. The highest BCUT2D eigenvalue weighted by molar-refractivity contribution is 7.98. The minimum Gasteiger partial charge on any atom is -0.464 e. The van der Waals surface area contributed by atoms with Gasteiger partial charge >= 0.3 is 0 Å². The monoisotopic (exact) mass is 337 g/mol. The normalized spacial score (nSPS) is 11.1. The minimum atomic E-state index is 0.689. The van der Waals surface area contributed by atoms with Crippen LogP contribution in [0.4, 0.5) is 11.6 Å². The largest absolute Gasteiger partial charge is 0.464 e. The van der Waals surface area contributed by atoms with E-state index in [9.17, 15) is 0 Å². The van der Waals surface area contributed by atoms with Gasteiger partial charge in [0.2, 0.25) is 5.95 Å². The maximum atomic E-state index is 5.51. The second-order valence-electron chi connectivity index (χ2n) is 5.18. The van der Waals surface area contributed by atoms with Crippen molar-refractivity contribution in [1.82, 2.24) is 19.6 Å².